The largest absolute Gasteiger partial charge is 0.464 e. The van der Waals surface area contributed by atoms with Crippen LogP contribution in [0.3, 0.4) is 0 Å². The van der Waals surface area contributed by atoms with Gasteiger partial charge in [-0.25, -0.2) is 4.79 Å². The topological polar surface area (TPSA) is 123 Å². The summed E-state index contributed by atoms with van der Waals surface area (Å²) in [6, 6.07) is -0.751. The number of rotatable bonds is 4. The van der Waals surface area contributed by atoms with Crippen molar-refractivity contribution < 1.29 is 14.3 Å². The molecule has 1 rings (SSSR count). The van der Waals surface area contributed by atoms with Gasteiger partial charge in [-0.2, -0.15) is 4.98 Å². The first-order valence-electron chi connectivity index (χ1n) is 4.70. The van der Waals surface area contributed by atoms with Crippen LogP contribution in [-0.4, -0.2) is 39.7 Å². The van der Waals surface area contributed by atoms with Crippen LogP contribution < -0.4 is 11.1 Å². The van der Waals surface area contributed by atoms with Crippen molar-refractivity contribution in [1.29, 1.82) is 0 Å². The smallest absolute Gasteiger partial charge is 0.328 e. The second-order valence-corrected chi connectivity index (χ2v) is 2.99. The number of H-pyrrole nitrogens is 1. The van der Waals surface area contributed by atoms with E-state index in [1.54, 1.807) is 6.92 Å². The fourth-order valence-electron chi connectivity index (χ4n) is 0.968. The van der Waals surface area contributed by atoms with Gasteiger partial charge in [-0.15, -0.1) is 5.10 Å². The fraction of sp³-hybridized carbons (Fsp3) is 0.500. The average molecular weight is 227 g/mol. The first kappa shape index (κ1) is 12.0. The first-order valence-corrected chi connectivity index (χ1v) is 4.70. The van der Waals surface area contributed by atoms with E-state index in [4.69, 9.17) is 10.5 Å². The third kappa shape index (κ3) is 2.94. The van der Waals surface area contributed by atoms with Crippen LogP contribution >= 0.6 is 0 Å². The number of ether oxygens (including phenoxy) is 1. The molecular formula is C8H13N5O3. The Bertz CT molecular complexity index is 389. The minimum Gasteiger partial charge on any atom is -0.464 e. The Balaban J connectivity index is 2.54. The van der Waals surface area contributed by atoms with Crippen LogP contribution in [0, 0.1) is 0 Å². The number of hydrogen-bond donors (Lipinski definition) is 3. The molecule has 1 atom stereocenters. The molecule has 1 aromatic rings. The van der Waals surface area contributed by atoms with Crippen molar-refractivity contribution in [2.45, 2.75) is 19.9 Å². The predicted octanol–water partition coefficient (Wildman–Crippen LogP) is -0.932. The molecule has 0 fully saturated rings. The van der Waals surface area contributed by atoms with Crippen molar-refractivity contribution in [2.75, 3.05) is 12.3 Å². The van der Waals surface area contributed by atoms with Gasteiger partial charge in [0, 0.05) is 0 Å². The van der Waals surface area contributed by atoms with Crippen LogP contribution in [0.15, 0.2) is 0 Å². The Kier molecular flexibility index (Phi) is 3.81. The highest BCUT2D eigenvalue weighted by atomic mass is 16.5. The number of anilines is 1. The molecule has 0 radical (unpaired) electrons. The van der Waals surface area contributed by atoms with Crippen molar-refractivity contribution in [2.24, 2.45) is 0 Å². The Morgan fingerprint density at radius 1 is 1.62 bits per heavy atom. The van der Waals surface area contributed by atoms with Gasteiger partial charge in [0.05, 0.1) is 6.61 Å². The van der Waals surface area contributed by atoms with Gasteiger partial charge in [0.1, 0.15) is 6.04 Å². The molecular weight excluding hydrogens is 214 g/mol. The van der Waals surface area contributed by atoms with E-state index in [0.29, 0.717) is 0 Å². The maximum atomic E-state index is 11.5. The molecule has 4 N–H and O–H groups in total. The van der Waals surface area contributed by atoms with E-state index < -0.39 is 17.9 Å². The van der Waals surface area contributed by atoms with Crippen molar-refractivity contribution in [3.05, 3.63) is 5.82 Å². The van der Waals surface area contributed by atoms with Gasteiger partial charge in [-0.1, -0.05) is 0 Å². The highest BCUT2D eigenvalue weighted by molar-refractivity contribution is 5.93. The van der Waals surface area contributed by atoms with E-state index in [9.17, 15) is 9.59 Å². The van der Waals surface area contributed by atoms with Gasteiger partial charge < -0.3 is 15.8 Å². The summed E-state index contributed by atoms with van der Waals surface area (Å²) in [6.45, 7) is 3.45. The molecule has 88 valence electrons. The van der Waals surface area contributed by atoms with E-state index >= 15 is 0 Å². The number of carbonyl (C=O) groups excluding carboxylic acids is 2. The number of aromatic nitrogens is 3. The molecule has 0 aliphatic carbocycles. The van der Waals surface area contributed by atoms with Crippen molar-refractivity contribution in [1.82, 2.24) is 20.5 Å². The lowest BCUT2D eigenvalue weighted by Gasteiger charge is -2.10. The molecule has 1 heterocycles. The lowest BCUT2D eigenvalue weighted by atomic mass is 10.3. The first-order chi connectivity index (χ1) is 7.54. The van der Waals surface area contributed by atoms with Gasteiger partial charge in [-0.05, 0) is 13.8 Å². The number of aromatic amines is 1. The van der Waals surface area contributed by atoms with Gasteiger partial charge in [0.15, 0.2) is 0 Å². The second kappa shape index (κ2) is 5.10. The van der Waals surface area contributed by atoms with E-state index in [0.717, 1.165) is 0 Å². The maximum absolute atomic E-state index is 11.5. The zero-order valence-corrected chi connectivity index (χ0v) is 8.98. The average Bonchev–Trinajstić information content (AvgIpc) is 2.65. The molecule has 0 spiro atoms. The Hall–Kier alpha value is -2.12. The zero-order chi connectivity index (χ0) is 12.1. The Morgan fingerprint density at radius 3 is 2.81 bits per heavy atom. The monoisotopic (exact) mass is 227 g/mol. The third-order valence-electron chi connectivity index (χ3n) is 1.71. The normalized spacial score (nSPS) is 11.9. The zero-order valence-electron chi connectivity index (χ0n) is 8.98. The summed E-state index contributed by atoms with van der Waals surface area (Å²) in [6.07, 6.45) is 0. The second-order valence-electron chi connectivity index (χ2n) is 2.99. The number of nitrogens with one attached hydrogen (secondary N) is 2. The van der Waals surface area contributed by atoms with Gasteiger partial charge >= 0.3 is 5.97 Å². The van der Waals surface area contributed by atoms with Gasteiger partial charge in [0.25, 0.3) is 5.91 Å². The lowest BCUT2D eigenvalue weighted by Crippen LogP contribution is -2.40. The van der Waals surface area contributed by atoms with Crippen LogP contribution in [0.25, 0.3) is 0 Å². The molecule has 0 saturated carbocycles. The van der Waals surface area contributed by atoms with Gasteiger partial charge in [-0.3, -0.25) is 9.89 Å². The van der Waals surface area contributed by atoms with Crippen molar-refractivity contribution in [3.63, 3.8) is 0 Å². The molecule has 1 aromatic heterocycles. The minimum atomic E-state index is -0.751. The Labute approximate surface area is 91.6 Å². The quantitative estimate of drug-likeness (QED) is 0.571. The Morgan fingerprint density at radius 2 is 2.31 bits per heavy atom. The number of nitrogen functional groups attached to an aromatic ring is 1. The molecule has 1 amide bonds. The number of nitrogens with zero attached hydrogens (tertiary/aromatic N) is 2. The summed E-state index contributed by atoms with van der Waals surface area (Å²) in [5, 5.41) is 8.21. The standard InChI is InChI=1S/C8H13N5O3/c1-3-16-7(15)4(2)10-6(14)5-11-8(9)13-12-5/h4H,3H2,1-2H3,(H,10,14)(H3,9,11,12,13). The number of amides is 1. The predicted molar refractivity (Wildman–Crippen MR) is 54.4 cm³/mol. The third-order valence-corrected chi connectivity index (χ3v) is 1.71. The molecule has 16 heavy (non-hydrogen) atoms. The van der Waals surface area contributed by atoms with Crippen LogP contribution in [0.1, 0.15) is 24.5 Å². The molecule has 0 aliphatic rings. The summed E-state index contributed by atoms with van der Waals surface area (Å²) >= 11 is 0. The van der Waals surface area contributed by atoms with Crippen molar-refractivity contribution >= 4 is 17.8 Å². The minimum absolute atomic E-state index is 0.0334. The van der Waals surface area contributed by atoms with Crippen LogP contribution in [-0.2, 0) is 9.53 Å². The van der Waals surface area contributed by atoms with Crippen LogP contribution in [0.5, 0.6) is 0 Å². The molecule has 0 aromatic carbocycles. The summed E-state index contributed by atoms with van der Waals surface area (Å²) in [5.41, 5.74) is 5.23. The molecule has 8 nitrogen and oxygen atoms in total. The summed E-state index contributed by atoms with van der Waals surface area (Å²) in [4.78, 5) is 26.3. The number of nitrogens with two attached hydrogens (primary N) is 1. The highest BCUT2D eigenvalue weighted by Crippen LogP contribution is 1.95. The maximum Gasteiger partial charge on any atom is 0.328 e. The van der Waals surface area contributed by atoms with Crippen molar-refractivity contribution in [3.8, 4) is 0 Å². The summed E-state index contributed by atoms with van der Waals surface area (Å²) in [7, 11) is 0. The molecule has 0 saturated heterocycles. The lowest BCUT2D eigenvalue weighted by molar-refractivity contribution is -0.144. The van der Waals surface area contributed by atoms with E-state index in [1.807, 2.05) is 0 Å². The molecule has 0 aliphatic heterocycles. The van der Waals surface area contributed by atoms with E-state index in [-0.39, 0.29) is 18.4 Å². The summed E-state index contributed by atoms with van der Waals surface area (Å²) in [5.74, 6) is -1.16. The number of hydrogen-bond acceptors (Lipinski definition) is 6. The SMILES string of the molecule is CCOC(=O)C(C)NC(=O)c1nc(N)n[nH]1. The highest BCUT2D eigenvalue weighted by Gasteiger charge is 2.19. The van der Waals surface area contributed by atoms with Crippen LogP contribution in [0.4, 0.5) is 5.95 Å². The van der Waals surface area contributed by atoms with Crippen LogP contribution in [0.2, 0.25) is 0 Å². The number of carbonyl (C=O) groups is 2. The van der Waals surface area contributed by atoms with E-state index in [1.165, 1.54) is 6.92 Å². The van der Waals surface area contributed by atoms with Gasteiger partial charge in [0.2, 0.25) is 11.8 Å². The fourth-order valence-corrected chi connectivity index (χ4v) is 0.968. The number of esters is 1. The molecule has 0 bridgehead atoms. The molecule has 8 heteroatoms. The molecule has 1 unspecified atom stereocenters. The van der Waals surface area contributed by atoms with E-state index in [2.05, 4.69) is 20.5 Å². The summed E-state index contributed by atoms with van der Waals surface area (Å²) < 4.78 is 4.72.